The van der Waals surface area contributed by atoms with Gasteiger partial charge in [-0.25, -0.2) is 4.98 Å². The number of halogens is 1. The van der Waals surface area contributed by atoms with Gasteiger partial charge in [0.2, 0.25) is 0 Å². The van der Waals surface area contributed by atoms with E-state index in [1.807, 2.05) is 41.3 Å². The molecule has 5 heteroatoms. The monoisotopic (exact) mass is 343 g/mol. The Morgan fingerprint density at radius 1 is 1.08 bits per heavy atom. The maximum absolute atomic E-state index is 12.4. The van der Waals surface area contributed by atoms with Crippen molar-refractivity contribution in [3.63, 3.8) is 0 Å². The van der Waals surface area contributed by atoms with Crippen molar-refractivity contribution in [1.29, 1.82) is 0 Å². The summed E-state index contributed by atoms with van der Waals surface area (Å²) in [4.78, 5) is 18.6. The van der Waals surface area contributed by atoms with E-state index in [1.54, 1.807) is 6.20 Å². The molecule has 2 aromatic rings. The largest absolute Gasteiger partial charge is 0.383 e. The van der Waals surface area contributed by atoms with Crippen molar-refractivity contribution in [2.75, 3.05) is 25.0 Å². The van der Waals surface area contributed by atoms with Crippen molar-refractivity contribution in [2.45, 2.75) is 25.7 Å². The van der Waals surface area contributed by atoms with E-state index in [2.05, 4.69) is 10.3 Å². The molecule has 1 aliphatic heterocycles. The molecule has 0 bridgehead atoms. The molecule has 0 atom stereocenters. The first-order valence-electron chi connectivity index (χ1n) is 8.46. The van der Waals surface area contributed by atoms with Gasteiger partial charge in [-0.15, -0.1) is 0 Å². The number of hydrogen-bond acceptors (Lipinski definition) is 3. The molecule has 0 unspecified atom stereocenters. The van der Waals surface area contributed by atoms with Crippen molar-refractivity contribution in [1.82, 2.24) is 9.88 Å². The fourth-order valence-corrected chi connectivity index (χ4v) is 3.01. The van der Waals surface area contributed by atoms with E-state index < -0.39 is 0 Å². The lowest BCUT2D eigenvalue weighted by molar-refractivity contribution is 0.0718. The van der Waals surface area contributed by atoms with Gasteiger partial charge in [0.05, 0.1) is 11.9 Å². The molecule has 1 amide bonds. The van der Waals surface area contributed by atoms with Crippen LogP contribution in [0, 0.1) is 0 Å². The van der Waals surface area contributed by atoms with Gasteiger partial charge in [0.25, 0.3) is 5.91 Å². The normalized spacial score (nSPS) is 14.5. The molecule has 4 nitrogen and oxygen atoms in total. The number of likely N-dealkylation sites (tertiary alicyclic amines) is 1. The second kappa shape index (κ2) is 8.15. The summed E-state index contributed by atoms with van der Waals surface area (Å²) in [6.45, 7) is 2.51. The molecule has 24 heavy (non-hydrogen) atoms. The van der Waals surface area contributed by atoms with Gasteiger partial charge >= 0.3 is 0 Å². The van der Waals surface area contributed by atoms with Crippen LogP contribution in [0.15, 0.2) is 42.6 Å². The Kier molecular flexibility index (Phi) is 5.70. The maximum Gasteiger partial charge on any atom is 0.272 e. The molecular formula is C19H22ClN3O. The molecule has 1 saturated heterocycles. The third-order valence-electron chi connectivity index (χ3n) is 4.28. The Bertz CT molecular complexity index is 664. The van der Waals surface area contributed by atoms with Crippen molar-refractivity contribution in [3.8, 4) is 0 Å². The van der Waals surface area contributed by atoms with Gasteiger partial charge in [0.1, 0.15) is 5.69 Å². The number of nitrogens with one attached hydrogen (secondary N) is 1. The van der Waals surface area contributed by atoms with E-state index in [-0.39, 0.29) is 5.91 Å². The fraction of sp³-hybridized carbons (Fsp3) is 0.368. The highest BCUT2D eigenvalue weighted by atomic mass is 35.5. The van der Waals surface area contributed by atoms with E-state index in [0.717, 1.165) is 49.6 Å². The van der Waals surface area contributed by atoms with Gasteiger partial charge in [0.15, 0.2) is 0 Å². The molecule has 0 saturated carbocycles. The SMILES string of the molecule is O=C(c1ccc(NCCc2ccc(Cl)cc2)cn1)N1CCCCC1. The number of carbonyl (C=O) groups excluding carboxylic acids is 1. The number of amides is 1. The molecule has 1 aliphatic rings. The van der Waals surface area contributed by atoms with Crippen LogP contribution in [0.2, 0.25) is 5.02 Å². The average molecular weight is 344 g/mol. The minimum Gasteiger partial charge on any atom is -0.383 e. The number of aromatic nitrogens is 1. The highest BCUT2D eigenvalue weighted by Gasteiger charge is 2.18. The van der Waals surface area contributed by atoms with Gasteiger partial charge in [-0.2, -0.15) is 0 Å². The van der Waals surface area contributed by atoms with Crippen LogP contribution in [0.1, 0.15) is 35.3 Å². The van der Waals surface area contributed by atoms with Crippen LogP contribution in [0.25, 0.3) is 0 Å². The summed E-state index contributed by atoms with van der Waals surface area (Å²) < 4.78 is 0. The molecule has 0 aliphatic carbocycles. The number of anilines is 1. The number of nitrogens with zero attached hydrogens (tertiary/aromatic N) is 2. The number of hydrogen-bond donors (Lipinski definition) is 1. The summed E-state index contributed by atoms with van der Waals surface area (Å²) in [6, 6.07) is 11.6. The van der Waals surface area contributed by atoms with Crippen molar-refractivity contribution >= 4 is 23.2 Å². The summed E-state index contributed by atoms with van der Waals surface area (Å²) >= 11 is 5.88. The Hall–Kier alpha value is -2.07. The molecule has 126 valence electrons. The Balaban J connectivity index is 1.50. The molecule has 1 aromatic carbocycles. The van der Waals surface area contributed by atoms with Crippen LogP contribution in [0.5, 0.6) is 0 Å². The zero-order valence-electron chi connectivity index (χ0n) is 13.7. The third kappa shape index (κ3) is 4.48. The van der Waals surface area contributed by atoms with Crippen molar-refractivity contribution in [2.24, 2.45) is 0 Å². The number of piperidine rings is 1. The molecular weight excluding hydrogens is 322 g/mol. The Morgan fingerprint density at radius 3 is 2.50 bits per heavy atom. The highest BCUT2D eigenvalue weighted by Crippen LogP contribution is 2.14. The first kappa shape index (κ1) is 16.8. The summed E-state index contributed by atoms with van der Waals surface area (Å²) in [5.41, 5.74) is 2.69. The molecule has 1 N–H and O–H groups in total. The molecule has 0 radical (unpaired) electrons. The topological polar surface area (TPSA) is 45.2 Å². The quantitative estimate of drug-likeness (QED) is 0.892. The van der Waals surface area contributed by atoms with Crippen LogP contribution < -0.4 is 5.32 Å². The molecule has 1 aromatic heterocycles. The smallest absolute Gasteiger partial charge is 0.272 e. The highest BCUT2D eigenvalue weighted by molar-refractivity contribution is 6.30. The fourth-order valence-electron chi connectivity index (χ4n) is 2.89. The second-order valence-corrected chi connectivity index (χ2v) is 6.52. The van der Waals surface area contributed by atoms with Crippen LogP contribution in [-0.2, 0) is 6.42 Å². The predicted octanol–water partition coefficient (Wildman–Crippen LogP) is 4.02. The third-order valence-corrected chi connectivity index (χ3v) is 4.53. The lowest BCUT2D eigenvalue weighted by Gasteiger charge is -2.26. The molecule has 1 fully saturated rings. The zero-order chi connectivity index (χ0) is 16.8. The Morgan fingerprint density at radius 2 is 1.83 bits per heavy atom. The van der Waals surface area contributed by atoms with Crippen LogP contribution in [0.3, 0.4) is 0 Å². The van der Waals surface area contributed by atoms with E-state index in [0.29, 0.717) is 5.69 Å². The van der Waals surface area contributed by atoms with E-state index >= 15 is 0 Å². The average Bonchev–Trinajstić information content (AvgIpc) is 2.64. The number of pyridine rings is 1. The first-order valence-corrected chi connectivity index (χ1v) is 8.84. The van der Waals surface area contributed by atoms with Gasteiger partial charge < -0.3 is 10.2 Å². The zero-order valence-corrected chi connectivity index (χ0v) is 14.4. The van der Waals surface area contributed by atoms with E-state index in [1.165, 1.54) is 12.0 Å². The van der Waals surface area contributed by atoms with Crippen LogP contribution in [0.4, 0.5) is 5.69 Å². The van der Waals surface area contributed by atoms with Gasteiger partial charge in [0, 0.05) is 24.7 Å². The lowest BCUT2D eigenvalue weighted by atomic mass is 10.1. The van der Waals surface area contributed by atoms with Crippen LogP contribution >= 0.6 is 11.6 Å². The van der Waals surface area contributed by atoms with Crippen molar-refractivity contribution in [3.05, 3.63) is 58.9 Å². The second-order valence-electron chi connectivity index (χ2n) is 6.09. The molecule has 2 heterocycles. The maximum atomic E-state index is 12.4. The minimum atomic E-state index is 0.0439. The predicted molar refractivity (Wildman–Crippen MR) is 97.6 cm³/mol. The lowest BCUT2D eigenvalue weighted by Crippen LogP contribution is -2.36. The summed E-state index contributed by atoms with van der Waals surface area (Å²) in [5, 5.41) is 4.09. The number of carbonyl (C=O) groups is 1. The minimum absolute atomic E-state index is 0.0439. The molecule has 0 spiro atoms. The number of rotatable bonds is 5. The van der Waals surface area contributed by atoms with Gasteiger partial charge in [-0.05, 0) is 55.5 Å². The summed E-state index contributed by atoms with van der Waals surface area (Å²) in [7, 11) is 0. The van der Waals surface area contributed by atoms with Crippen molar-refractivity contribution < 1.29 is 4.79 Å². The van der Waals surface area contributed by atoms with E-state index in [9.17, 15) is 4.79 Å². The van der Waals surface area contributed by atoms with Gasteiger partial charge in [-0.3, -0.25) is 4.79 Å². The first-order chi connectivity index (χ1) is 11.7. The van der Waals surface area contributed by atoms with Gasteiger partial charge in [-0.1, -0.05) is 23.7 Å². The van der Waals surface area contributed by atoms with Crippen LogP contribution in [-0.4, -0.2) is 35.4 Å². The Labute approximate surface area is 147 Å². The number of benzene rings is 1. The molecule has 3 rings (SSSR count). The van der Waals surface area contributed by atoms with E-state index in [4.69, 9.17) is 11.6 Å². The summed E-state index contributed by atoms with van der Waals surface area (Å²) in [5.74, 6) is 0.0439. The standard InChI is InChI=1S/C19H22ClN3O/c20-16-6-4-15(5-7-16)10-11-21-17-8-9-18(22-14-17)19(24)23-12-2-1-3-13-23/h4-9,14,21H,1-3,10-13H2. The summed E-state index contributed by atoms with van der Waals surface area (Å²) in [6.07, 6.45) is 6.05.